The molecule has 0 aliphatic rings. The van der Waals surface area contributed by atoms with Crippen LogP contribution in [-0.2, 0) is 6.54 Å². The second-order valence-corrected chi connectivity index (χ2v) is 5.19. The summed E-state index contributed by atoms with van der Waals surface area (Å²) in [5.41, 5.74) is 0.737. The van der Waals surface area contributed by atoms with Crippen LogP contribution in [0.2, 0.25) is 10.3 Å². The molecule has 0 saturated carbocycles. The van der Waals surface area contributed by atoms with Crippen LogP contribution in [0, 0.1) is 11.6 Å². The Balaban J connectivity index is 2.17. The Labute approximate surface area is 130 Å². The SMILES string of the molecule is CN(Cc1ccc(F)c(F)c1)C(=O)c1cc(Cl)nc(Cl)c1. The quantitative estimate of drug-likeness (QED) is 0.798. The molecule has 0 unspecified atom stereocenters. The zero-order chi connectivity index (χ0) is 15.6. The van der Waals surface area contributed by atoms with Crippen LogP contribution in [-0.4, -0.2) is 22.8 Å². The molecule has 0 aliphatic heterocycles. The lowest BCUT2D eigenvalue weighted by atomic mass is 10.2. The minimum atomic E-state index is -0.955. The predicted molar refractivity (Wildman–Crippen MR) is 76.4 cm³/mol. The van der Waals surface area contributed by atoms with E-state index in [1.807, 2.05) is 0 Å². The minimum Gasteiger partial charge on any atom is -0.337 e. The van der Waals surface area contributed by atoms with E-state index in [9.17, 15) is 13.6 Å². The highest BCUT2D eigenvalue weighted by Crippen LogP contribution is 2.17. The van der Waals surface area contributed by atoms with Gasteiger partial charge in [-0.05, 0) is 29.8 Å². The number of carbonyl (C=O) groups is 1. The Morgan fingerprint density at radius 2 is 1.76 bits per heavy atom. The molecular weight excluding hydrogens is 321 g/mol. The summed E-state index contributed by atoms with van der Waals surface area (Å²) >= 11 is 11.5. The van der Waals surface area contributed by atoms with Gasteiger partial charge in [0.1, 0.15) is 10.3 Å². The summed E-state index contributed by atoms with van der Waals surface area (Å²) in [4.78, 5) is 17.3. The van der Waals surface area contributed by atoms with Crippen LogP contribution < -0.4 is 0 Å². The third kappa shape index (κ3) is 3.89. The number of amides is 1. The number of carbonyl (C=O) groups excluding carboxylic acids is 1. The molecule has 0 spiro atoms. The van der Waals surface area contributed by atoms with Gasteiger partial charge in [0.15, 0.2) is 11.6 Å². The number of hydrogen-bond acceptors (Lipinski definition) is 2. The average Bonchev–Trinajstić information content (AvgIpc) is 2.41. The van der Waals surface area contributed by atoms with E-state index in [0.29, 0.717) is 5.56 Å². The second-order valence-electron chi connectivity index (χ2n) is 4.41. The first kappa shape index (κ1) is 15.7. The molecule has 21 heavy (non-hydrogen) atoms. The number of nitrogens with zero attached hydrogens (tertiary/aromatic N) is 2. The number of rotatable bonds is 3. The van der Waals surface area contributed by atoms with E-state index in [2.05, 4.69) is 4.98 Å². The third-order valence-corrected chi connectivity index (χ3v) is 3.15. The molecule has 1 aromatic heterocycles. The molecule has 0 atom stereocenters. The van der Waals surface area contributed by atoms with Crippen molar-refractivity contribution in [2.75, 3.05) is 7.05 Å². The van der Waals surface area contributed by atoms with Gasteiger partial charge in [-0.1, -0.05) is 29.3 Å². The monoisotopic (exact) mass is 330 g/mol. The maximum absolute atomic E-state index is 13.1. The Bertz CT molecular complexity index is 674. The Kier molecular flexibility index (Phi) is 4.75. The number of pyridine rings is 1. The van der Waals surface area contributed by atoms with Crippen LogP contribution in [0.3, 0.4) is 0 Å². The van der Waals surface area contributed by atoms with E-state index in [-0.39, 0.29) is 28.3 Å². The molecule has 1 heterocycles. The lowest BCUT2D eigenvalue weighted by Crippen LogP contribution is -2.26. The smallest absolute Gasteiger partial charge is 0.254 e. The lowest BCUT2D eigenvalue weighted by molar-refractivity contribution is 0.0785. The first-order chi connectivity index (χ1) is 9.86. The summed E-state index contributed by atoms with van der Waals surface area (Å²) in [7, 11) is 1.53. The van der Waals surface area contributed by atoms with E-state index in [1.54, 1.807) is 0 Å². The standard InChI is InChI=1S/C14H10Cl2F2N2O/c1-20(7-8-2-3-10(17)11(18)4-8)14(21)9-5-12(15)19-13(16)6-9/h2-6H,7H2,1H3. The van der Waals surface area contributed by atoms with E-state index >= 15 is 0 Å². The molecule has 0 fully saturated rings. The van der Waals surface area contributed by atoms with Gasteiger partial charge in [0.25, 0.3) is 5.91 Å². The van der Waals surface area contributed by atoms with Crippen molar-refractivity contribution in [3.05, 3.63) is 63.4 Å². The van der Waals surface area contributed by atoms with Gasteiger partial charge in [-0.3, -0.25) is 4.79 Å². The summed E-state index contributed by atoms with van der Waals surface area (Å²) in [5.74, 6) is -2.24. The van der Waals surface area contributed by atoms with Crippen LogP contribution >= 0.6 is 23.2 Å². The van der Waals surface area contributed by atoms with Crippen LogP contribution in [0.1, 0.15) is 15.9 Å². The van der Waals surface area contributed by atoms with E-state index in [4.69, 9.17) is 23.2 Å². The maximum Gasteiger partial charge on any atom is 0.254 e. The van der Waals surface area contributed by atoms with Crippen molar-refractivity contribution in [2.24, 2.45) is 0 Å². The average molecular weight is 331 g/mol. The molecule has 0 saturated heterocycles. The molecule has 2 aromatic rings. The van der Waals surface area contributed by atoms with Crippen molar-refractivity contribution >= 4 is 29.1 Å². The van der Waals surface area contributed by atoms with Crippen molar-refractivity contribution in [2.45, 2.75) is 6.54 Å². The van der Waals surface area contributed by atoms with E-state index < -0.39 is 11.6 Å². The molecule has 1 amide bonds. The summed E-state index contributed by atoms with van der Waals surface area (Å²) in [6, 6.07) is 6.25. The highest BCUT2D eigenvalue weighted by molar-refractivity contribution is 6.33. The fourth-order valence-corrected chi connectivity index (χ4v) is 2.25. The number of aromatic nitrogens is 1. The van der Waals surface area contributed by atoms with Crippen molar-refractivity contribution < 1.29 is 13.6 Å². The first-order valence-electron chi connectivity index (χ1n) is 5.89. The highest BCUT2D eigenvalue weighted by atomic mass is 35.5. The normalized spacial score (nSPS) is 10.5. The fourth-order valence-electron chi connectivity index (χ4n) is 1.79. The molecule has 7 heteroatoms. The molecule has 2 rings (SSSR count). The zero-order valence-corrected chi connectivity index (χ0v) is 12.4. The number of benzene rings is 1. The largest absolute Gasteiger partial charge is 0.337 e. The minimum absolute atomic E-state index is 0.104. The molecule has 0 radical (unpaired) electrons. The summed E-state index contributed by atoms with van der Waals surface area (Å²) in [6.07, 6.45) is 0. The molecule has 0 aliphatic carbocycles. The Morgan fingerprint density at radius 3 is 2.33 bits per heavy atom. The van der Waals surface area contributed by atoms with Crippen LogP contribution in [0.5, 0.6) is 0 Å². The molecule has 0 N–H and O–H groups in total. The van der Waals surface area contributed by atoms with Crippen molar-refractivity contribution in [1.29, 1.82) is 0 Å². The molecule has 1 aromatic carbocycles. The second kappa shape index (κ2) is 6.37. The van der Waals surface area contributed by atoms with Crippen LogP contribution in [0.15, 0.2) is 30.3 Å². The summed E-state index contributed by atoms with van der Waals surface area (Å²) in [5, 5.41) is 0.208. The van der Waals surface area contributed by atoms with Crippen LogP contribution in [0.25, 0.3) is 0 Å². The summed E-state index contributed by atoms with van der Waals surface area (Å²) < 4.78 is 26.0. The third-order valence-electron chi connectivity index (χ3n) is 2.76. The topological polar surface area (TPSA) is 33.2 Å². The van der Waals surface area contributed by atoms with Gasteiger partial charge in [0.05, 0.1) is 0 Å². The molecule has 110 valence electrons. The molecular formula is C14H10Cl2F2N2O. The fraction of sp³-hybridized carbons (Fsp3) is 0.143. The van der Waals surface area contributed by atoms with Gasteiger partial charge in [-0.25, -0.2) is 13.8 Å². The van der Waals surface area contributed by atoms with Crippen LogP contribution in [0.4, 0.5) is 8.78 Å². The van der Waals surface area contributed by atoms with Gasteiger partial charge in [-0.2, -0.15) is 0 Å². The van der Waals surface area contributed by atoms with Crippen molar-refractivity contribution in [1.82, 2.24) is 9.88 Å². The lowest BCUT2D eigenvalue weighted by Gasteiger charge is -2.17. The van der Waals surface area contributed by atoms with Crippen molar-refractivity contribution in [3.63, 3.8) is 0 Å². The molecule has 3 nitrogen and oxygen atoms in total. The van der Waals surface area contributed by atoms with Crippen molar-refractivity contribution in [3.8, 4) is 0 Å². The van der Waals surface area contributed by atoms with Gasteiger partial charge in [0, 0.05) is 19.2 Å². The zero-order valence-electron chi connectivity index (χ0n) is 10.9. The van der Waals surface area contributed by atoms with Gasteiger partial charge in [-0.15, -0.1) is 0 Å². The highest BCUT2D eigenvalue weighted by Gasteiger charge is 2.15. The maximum atomic E-state index is 13.1. The Morgan fingerprint density at radius 1 is 1.14 bits per heavy atom. The van der Waals surface area contributed by atoms with E-state index in [0.717, 1.165) is 12.1 Å². The first-order valence-corrected chi connectivity index (χ1v) is 6.65. The van der Waals surface area contributed by atoms with Gasteiger partial charge >= 0.3 is 0 Å². The predicted octanol–water partition coefficient (Wildman–Crippen LogP) is 3.94. The summed E-state index contributed by atoms with van der Waals surface area (Å²) in [6.45, 7) is 0.119. The van der Waals surface area contributed by atoms with Gasteiger partial charge < -0.3 is 4.90 Å². The molecule has 0 bridgehead atoms. The number of hydrogen-bond donors (Lipinski definition) is 0. The number of halogens is 4. The van der Waals surface area contributed by atoms with E-state index in [1.165, 1.54) is 30.1 Å². The van der Waals surface area contributed by atoms with Gasteiger partial charge in [0.2, 0.25) is 0 Å². The Hall–Kier alpha value is -1.72.